The minimum atomic E-state index is -0.653. The van der Waals surface area contributed by atoms with Gasteiger partial charge in [0.25, 0.3) is 0 Å². The van der Waals surface area contributed by atoms with Gasteiger partial charge in [0.05, 0.1) is 10.7 Å². The van der Waals surface area contributed by atoms with Crippen LogP contribution in [0, 0.1) is 29.3 Å². The Bertz CT molecular complexity index is 1140. The molecular weight excluding hydrogens is 403 g/mol. The van der Waals surface area contributed by atoms with Crippen molar-refractivity contribution >= 4 is 23.1 Å². The lowest BCUT2D eigenvalue weighted by atomic mass is 10.0. The topological polar surface area (TPSA) is 12.4 Å². The number of unbranched alkanes of at least 4 members (excludes halogenated alkanes) is 1. The second-order valence-corrected chi connectivity index (χ2v) is 6.92. The number of hydrogen-bond donors (Lipinski definition) is 0. The summed E-state index contributed by atoms with van der Waals surface area (Å²) in [5.74, 6) is 3.56. The Hall–Kier alpha value is -3.19. The quantitative estimate of drug-likeness (QED) is 0.240. The minimum absolute atomic E-state index is 0.126. The Kier molecular flexibility index (Phi) is 7.19. The van der Waals surface area contributed by atoms with E-state index in [-0.39, 0.29) is 11.3 Å². The van der Waals surface area contributed by atoms with E-state index in [2.05, 4.69) is 34.2 Å². The van der Waals surface area contributed by atoms with E-state index in [9.17, 15) is 13.2 Å². The van der Waals surface area contributed by atoms with E-state index in [1.54, 1.807) is 30.3 Å². The Morgan fingerprint density at radius 2 is 1.50 bits per heavy atom. The molecule has 0 heterocycles. The van der Waals surface area contributed by atoms with Gasteiger partial charge < -0.3 is 0 Å². The van der Waals surface area contributed by atoms with Crippen LogP contribution in [0.25, 0.3) is 11.1 Å². The molecule has 0 aliphatic rings. The van der Waals surface area contributed by atoms with Gasteiger partial charge >= 0.3 is 0 Å². The van der Waals surface area contributed by atoms with Crippen molar-refractivity contribution in [1.82, 2.24) is 0 Å². The molecule has 0 aliphatic carbocycles. The number of aryl methyl sites for hydroxylation is 1. The van der Waals surface area contributed by atoms with E-state index < -0.39 is 17.5 Å². The van der Waals surface area contributed by atoms with E-state index in [0.29, 0.717) is 23.1 Å². The van der Waals surface area contributed by atoms with Crippen LogP contribution in [-0.2, 0) is 6.42 Å². The smallest absolute Gasteiger partial charge is 0.150 e. The molecule has 0 bridgehead atoms. The van der Waals surface area contributed by atoms with Crippen molar-refractivity contribution in [1.29, 1.82) is 0 Å². The first-order valence-electron chi connectivity index (χ1n) is 9.49. The van der Waals surface area contributed by atoms with Gasteiger partial charge in [-0.25, -0.2) is 13.2 Å². The average molecular weight is 421 g/mol. The number of halogens is 3. The van der Waals surface area contributed by atoms with Crippen LogP contribution in [0.3, 0.4) is 0 Å². The number of benzene rings is 3. The molecule has 30 heavy (non-hydrogen) atoms. The number of nitrogens with zero attached hydrogens (tertiary/aromatic N) is 1. The van der Waals surface area contributed by atoms with Gasteiger partial charge in [-0.05, 0) is 78.1 Å². The largest absolute Gasteiger partial charge is 0.206 e. The monoisotopic (exact) mass is 421 g/mol. The average Bonchev–Trinajstić information content (AvgIpc) is 2.73. The molecule has 0 fully saturated rings. The molecule has 0 spiro atoms. The predicted molar refractivity (Wildman–Crippen MR) is 117 cm³/mol. The van der Waals surface area contributed by atoms with Crippen LogP contribution in [0.1, 0.15) is 36.5 Å². The summed E-state index contributed by atoms with van der Waals surface area (Å²) in [4.78, 5) is 3.65. The molecule has 0 N–H and O–H groups in total. The molecule has 0 radical (unpaired) electrons. The van der Waals surface area contributed by atoms with Crippen molar-refractivity contribution in [2.24, 2.45) is 4.99 Å². The van der Waals surface area contributed by atoms with Gasteiger partial charge in [0.15, 0.2) is 0 Å². The third kappa shape index (κ3) is 5.24. The summed E-state index contributed by atoms with van der Waals surface area (Å²) in [6, 6.07) is 14.3. The molecule has 0 saturated carbocycles. The van der Waals surface area contributed by atoms with Gasteiger partial charge in [-0.15, -0.1) is 0 Å². The van der Waals surface area contributed by atoms with Gasteiger partial charge in [0.1, 0.15) is 23.1 Å². The molecular formula is C25H18F3NS. The second kappa shape index (κ2) is 10.0. The fourth-order valence-corrected chi connectivity index (χ4v) is 3.08. The molecule has 3 aromatic carbocycles. The van der Waals surface area contributed by atoms with Crippen LogP contribution in [0.15, 0.2) is 59.6 Å². The second-order valence-electron chi connectivity index (χ2n) is 6.73. The molecule has 5 heteroatoms. The Labute approximate surface area is 179 Å². The standard InChI is InChI=1S/C25H18F3NS/c1-2-3-4-18-13-22(26)21(23(27)14-18)11-7-17-5-8-19(9-6-17)20-10-12-25(29-16-30)24(28)15-20/h5-6,8-10,12-15H,2-4H2,1H3. The Balaban J connectivity index is 1.81. The van der Waals surface area contributed by atoms with Crippen molar-refractivity contribution < 1.29 is 13.2 Å². The van der Waals surface area contributed by atoms with Crippen LogP contribution in [0.4, 0.5) is 18.9 Å². The predicted octanol–water partition coefficient (Wildman–Crippen LogP) is 7.25. The lowest BCUT2D eigenvalue weighted by Gasteiger charge is -2.04. The van der Waals surface area contributed by atoms with Crippen LogP contribution < -0.4 is 0 Å². The fourth-order valence-electron chi connectivity index (χ4n) is 2.98. The van der Waals surface area contributed by atoms with Crippen LogP contribution in [-0.4, -0.2) is 5.16 Å². The van der Waals surface area contributed by atoms with Crippen molar-refractivity contribution in [3.8, 4) is 23.0 Å². The molecule has 0 saturated heterocycles. The van der Waals surface area contributed by atoms with Gasteiger partial charge in [-0.3, -0.25) is 0 Å². The SMILES string of the molecule is CCCCc1cc(F)c(C#Cc2ccc(-c3ccc(N=C=S)c(F)c3)cc2)c(F)c1. The lowest BCUT2D eigenvalue weighted by Crippen LogP contribution is -1.95. The summed E-state index contributed by atoms with van der Waals surface area (Å²) in [5.41, 5.74) is 2.55. The third-order valence-electron chi connectivity index (χ3n) is 4.58. The third-order valence-corrected chi connectivity index (χ3v) is 4.68. The summed E-state index contributed by atoms with van der Waals surface area (Å²) >= 11 is 4.49. The van der Waals surface area contributed by atoms with Crippen molar-refractivity contribution in [2.45, 2.75) is 26.2 Å². The maximum absolute atomic E-state index is 14.3. The first-order valence-corrected chi connectivity index (χ1v) is 9.90. The van der Waals surface area contributed by atoms with Gasteiger partial charge in [0.2, 0.25) is 0 Å². The molecule has 0 atom stereocenters. The number of rotatable bonds is 5. The summed E-state index contributed by atoms with van der Waals surface area (Å²) < 4.78 is 42.5. The molecule has 3 aromatic rings. The first kappa shape index (κ1) is 21.5. The maximum Gasteiger partial charge on any atom is 0.150 e. The zero-order valence-corrected chi connectivity index (χ0v) is 17.1. The van der Waals surface area contributed by atoms with E-state index in [1.165, 1.54) is 24.3 Å². The zero-order chi connectivity index (χ0) is 21.5. The Morgan fingerprint density at radius 3 is 2.10 bits per heavy atom. The van der Waals surface area contributed by atoms with Gasteiger partial charge in [-0.2, -0.15) is 4.99 Å². The van der Waals surface area contributed by atoms with E-state index in [1.807, 2.05) is 6.92 Å². The molecule has 3 rings (SSSR count). The fraction of sp³-hybridized carbons (Fsp3) is 0.160. The normalized spacial score (nSPS) is 10.1. The first-order chi connectivity index (χ1) is 14.5. The lowest BCUT2D eigenvalue weighted by molar-refractivity contribution is 0.572. The van der Waals surface area contributed by atoms with E-state index >= 15 is 0 Å². The number of thiocarbonyl (C=S) groups is 1. The highest BCUT2D eigenvalue weighted by molar-refractivity contribution is 7.78. The van der Waals surface area contributed by atoms with Crippen molar-refractivity contribution in [3.63, 3.8) is 0 Å². The van der Waals surface area contributed by atoms with Gasteiger partial charge in [0, 0.05) is 5.56 Å². The summed E-state index contributed by atoms with van der Waals surface area (Å²) in [5, 5.41) is 2.14. The van der Waals surface area contributed by atoms with Crippen LogP contribution in [0.2, 0.25) is 0 Å². The summed E-state index contributed by atoms with van der Waals surface area (Å²) in [6.45, 7) is 2.03. The maximum atomic E-state index is 14.3. The summed E-state index contributed by atoms with van der Waals surface area (Å²) in [7, 11) is 0. The Morgan fingerprint density at radius 1 is 0.833 bits per heavy atom. The molecule has 0 aliphatic heterocycles. The summed E-state index contributed by atoms with van der Waals surface area (Å²) in [6.07, 6.45) is 2.47. The van der Waals surface area contributed by atoms with Crippen molar-refractivity contribution in [2.75, 3.05) is 0 Å². The van der Waals surface area contributed by atoms with Gasteiger partial charge in [-0.1, -0.05) is 43.4 Å². The number of isothiocyanates is 1. The number of aliphatic imine (C=N–C) groups is 1. The van der Waals surface area contributed by atoms with E-state index in [0.717, 1.165) is 18.4 Å². The number of hydrogen-bond acceptors (Lipinski definition) is 2. The molecule has 150 valence electrons. The highest BCUT2D eigenvalue weighted by Crippen LogP contribution is 2.26. The molecule has 1 nitrogen and oxygen atoms in total. The van der Waals surface area contributed by atoms with Crippen LogP contribution >= 0.6 is 12.2 Å². The zero-order valence-electron chi connectivity index (χ0n) is 16.3. The highest BCUT2D eigenvalue weighted by Gasteiger charge is 2.09. The van der Waals surface area contributed by atoms with Crippen LogP contribution in [0.5, 0.6) is 0 Å². The minimum Gasteiger partial charge on any atom is -0.206 e. The molecule has 0 unspecified atom stereocenters. The van der Waals surface area contributed by atoms with Crippen molar-refractivity contribution in [3.05, 3.63) is 88.7 Å². The van der Waals surface area contributed by atoms with E-state index in [4.69, 9.17) is 0 Å². The molecule has 0 amide bonds. The highest BCUT2D eigenvalue weighted by atomic mass is 32.1. The molecule has 0 aromatic heterocycles.